The molecule has 2 heterocycles. The molecule has 1 N–H and O–H groups in total. The third kappa shape index (κ3) is 5.67. The van der Waals surface area contributed by atoms with Gasteiger partial charge >= 0.3 is 7.60 Å². The maximum absolute atomic E-state index is 13.3. The minimum atomic E-state index is -4.11. The van der Waals surface area contributed by atoms with E-state index in [1.165, 1.54) is 5.56 Å². The summed E-state index contributed by atoms with van der Waals surface area (Å²) in [5.41, 5.74) is 6.77. The first-order valence-electron chi connectivity index (χ1n) is 15.5. The average molecular weight is 613 g/mol. The van der Waals surface area contributed by atoms with Gasteiger partial charge in [0.2, 0.25) is 0 Å². The molecule has 0 spiro atoms. The van der Waals surface area contributed by atoms with Gasteiger partial charge in [0.1, 0.15) is 0 Å². The van der Waals surface area contributed by atoms with E-state index >= 15 is 0 Å². The zero-order chi connectivity index (χ0) is 31.1. The molecule has 2 aromatic heterocycles. The molecule has 0 bridgehead atoms. The van der Waals surface area contributed by atoms with Crippen LogP contribution in [0, 0.1) is 0 Å². The van der Waals surface area contributed by atoms with Crippen LogP contribution in [-0.2, 0) is 9.09 Å². The van der Waals surface area contributed by atoms with Gasteiger partial charge in [-0.15, -0.1) is 0 Å². The molecule has 7 heteroatoms. The van der Waals surface area contributed by atoms with E-state index in [9.17, 15) is 9.46 Å². The Bertz CT molecular complexity index is 1780. The van der Waals surface area contributed by atoms with Crippen molar-refractivity contribution >= 4 is 42.9 Å². The standard InChI is InChI=1S/C36H45N2O3PSi/c1-9-27(8)41-42(39,40)35-18-17-29-21-31(30-19-20-38(23-30)43(24(2)3,25(4)5)26(6)7)22-34(36(29)37-35)33-16-12-14-28-13-10-11-15-32(28)33/h10-27H,9H2,1-8H3,(H,39,40). The first-order chi connectivity index (χ1) is 20.4. The summed E-state index contributed by atoms with van der Waals surface area (Å²) in [6, 6.07) is 24.8. The second-order valence-corrected chi connectivity index (χ2v) is 20.3. The number of hydrogen-bond donors (Lipinski definition) is 1. The van der Waals surface area contributed by atoms with Gasteiger partial charge in [-0.3, -0.25) is 4.57 Å². The van der Waals surface area contributed by atoms with Gasteiger partial charge in [0.25, 0.3) is 0 Å². The molecule has 226 valence electrons. The van der Waals surface area contributed by atoms with E-state index < -0.39 is 15.8 Å². The van der Waals surface area contributed by atoms with Gasteiger partial charge < -0.3 is 13.6 Å². The smallest absolute Gasteiger partial charge is 0.377 e. The Morgan fingerprint density at radius 2 is 1.49 bits per heavy atom. The molecule has 2 atom stereocenters. The maximum Gasteiger partial charge on any atom is 0.377 e. The molecule has 0 amide bonds. The van der Waals surface area contributed by atoms with Crippen LogP contribution in [0.3, 0.4) is 0 Å². The molecule has 0 saturated heterocycles. The summed E-state index contributed by atoms with van der Waals surface area (Å²) in [4.78, 5) is 15.7. The lowest BCUT2D eigenvalue weighted by Gasteiger charge is -2.44. The van der Waals surface area contributed by atoms with Crippen LogP contribution >= 0.6 is 7.60 Å². The van der Waals surface area contributed by atoms with Crippen molar-refractivity contribution in [2.45, 2.75) is 84.5 Å². The Hall–Kier alpha value is -3.02. The van der Waals surface area contributed by atoms with Crippen LogP contribution in [0.25, 0.3) is 43.9 Å². The van der Waals surface area contributed by atoms with Crippen LogP contribution in [-0.4, -0.2) is 28.4 Å². The molecule has 5 rings (SSSR count). The highest BCUT2D eigenvalue weighted by molar-refractivity contribution is 7.61. The molecule has 0 aliphatic heterocycles. The number of nitrogens with zero attached hydrogens (tertiary/aromatic N) is 2. The van der Waals surface area contributed by atoms with Crippen molar-refractivity contribution in [1.82, 2.24) is 9.22 Å². The number of rotatable bonds is 10. The molecular formula is C36H45N2O3PSi. The van der Waals surface area contributed by atoms with Gasteiger partial charge in [-0.1, -0.05) is 97.0 Å². The minimum Gasteiger partial charge on any atom is -0.379 e. The van der Waals surface area contributed by atoms with E-state index in [2.05, 4.69) is 107 Å². The molecule has 5 aromatic rings. The summed E-state index contributed by atoms with van der Waals surface area (Å²) < 4.78 is 21.5. The number of benzene rings is 3. The third-order valence-corrected chi connectivity index (χ3v) is 17.5. The summed E-state index contributed by atoms with van der Waals surface area (Å²) in [5.74, 6) is 0. The van der Waals surface area contributed by atoms with Gasteiger partial charge in [0, 0.05) is 17.1 Å². The summed E-state index contributed by atoms with van der Waals surface area (Å²) >= 11 is 0. The second kappa shape index (κ2) is 12.2. The van der Waals surface area contributed by atoms with Crippen LogP contribution in [0.2, 0.25) is 16.6 Å². The number of hydrogen-bond acceptors (Lipinski definition) is 3. The molecule has 0 fully saturated rings. The van der Waals surface area contributed by atoms with Crippen molar-refractivity contribution in [2.24, 2.45) is 0 Å². The van der Waals surface area contributed by atoms with Gasteiger partial charge in [-0.25, -0.2) is 4.98 Å². The highest BCUT2D eigenvalue weighted by atomic mass is 31.2. The Morgan fingerprint density at radius 3 is 2.16 bits per heavy atom. The quantitative estimate of drug-likeness (QED) is 0.126. The van der Waals surface area contributed by atoms with Gasteiger partial charge in [-0.05, 0) is 87.9 Å². The molecular weight excluding hydrogens is 567 g/mol. The van der Waals surface area contributed by atoms with Gasteiger partial charge in [0.05, 0.1) is 11.6 Å². The van der Waals surface area contributed by atoms with Gasteiger partial charge in [0.15, 0.2) is 13.7 Å². The highest BCUT2D eigenvalue weighted by Gasteiger charge is 2.45. The van der Waals surface area contributed by atoms with E-state index in [-0.39, 0.29) is 11.5 Å². The predicted octanol–water partition coefficient (Wildman–Crippen LogP) is 10.2. The Kier molecular flexibility index (Phi) is 8.88. The van der Waals surface area contributed by atoms with Crippen LogP contribution < -0.4 is 5.44 Å². The first kappa shape index (κ1) is 31.4. The Morgan fingerprint density at radius 1 is 0.814 bits per heavy atom. The second-order valence-electron chi connectivity index (χ2n) is 12.8. The molecule has 0 saturated carbocycles. The summed E-state index contributed by atoms with van der Waals surface area (Å²) in [7, 11) is -6.00. The lowest BCUT2D eigenvalue weighted by molar-refractivity contribution is 0.192. The normalized spacial score (nSPS) is 14.7. The van der Waals surface area contributed by atoms with Crippen molar-refractivity contribution in [3.8, 4) is 22.3 Å². The highest BCUT2D eigenvalue weighted by Crippen LogP contribution is 2.45. The van der Waals surface area contributed by atoms with E-state index in [1.54, 1.807) is 13.0 Å². The largest absolute Gasteiger partial charge is 0.379 e. The van der Waals surface area contributed by atoms with Crippen LogP contribution in [0.15, 0.2) is 85.2 Å². The van der Waals surface area contributed by atoms with Gasteiger partial charge in [-0.2, -0.15) is 0 Å². The van der Waals surface area contributed by atoms with Crippen molar-refractivity contribution in [2.75, 3.05) is 0 Å². The fraction of sp³-hybridized carbons (Fsp3) is 0.361. The average Bonchev–Trinajstić information content (AvgIpc) is 3.45. The molecule has 5 nitrogen and oxygen atoms in total. The van der Waals surface area contributed by atoms with E-state index in [0.717, 1.165) is 32.8 Å². The third-order valence-electron chi connectivity index (χ3n) is 9.29. The molecule has 0 aliphatic rings. The fourth-order valence-corrected chi connectivity index (χ4v) is 15.0. The molecule has 0 aliphatic carbocycles. The van der Waals surface area contributed by atoms with Crippen molar-refractivity contribution < 1.29 is 14.0 Å². The molecule has 3 aromatic carbocycles. The first-order valence-corrected chi connectivity index (χ1v) is 19.3. The molecule has 2 unspecified atom stereocenters. The molecule has 43 heavy (non-hydrogen) atoms. The maximum atomic E-state index is 13.3. The minimum absolute atomic E-state index is 0.0715. The topological polar surface area (TPSA) is 64.3 Å². The lowest BCUT2D eigenvalue weighted by atomic mass is 9.93. The van der Waals surface area contributed by atoms with Crippen LogP contribution in [0.4, 0.5) is 0 Å². The monoisotopic (exact) mass is 612 g/mol. The predicted molar refractivity (Wildman–Crippen MR) is 185 cm³/mol. The zero-order valence-corrected chi connectivity index (χ0v) is 28.6. The fourth-order valence-electron chi connectivity index (χ4n) is 7.29. The summed E-state index contributed by atoms with van der Waals surface area (Å²) in [6.07, 6.45) is 4.93. The zero-order valence-electron chi connectivity index (χ0n) is 26.7. The van der Waals surface area contributed by atoms with E-state index in [0.29, 0.717) is 28.6 Å². The Labute approximate surface area is 257 Å². The molecule has 0 radical (unpaired) electrons. The summed E-state index contributed by atoms with van der Waals surface area (Å²) in [5, 5.41) is 3.16. The number of fused-ring (bicyclic) bond motifs is 2. The number of aromatic nitrogens is 2. The van der Waals surface area contributed by atoms with Crippen molar-refractivity contribution in [3.63, 3.8) is 0 Å². The van der Waals surface area contributed by atoms with E-state index in [4.69, 9.17) is 9.51 Å². The Balaban J connectivity index is 1.75. The van der Waals surface area contributed by atoms with E-state index in [1.807, 2.05) is 25.1 Å². The lowest BCUT2D eigenvalue weighted by Crippen LogP contribution is -2.51. The number of pyridine rings is 1. The van der Waals surface area contributed by atoms with Crippen molar-refractivity contribution in [1.29, 1.82) is 0 Å². The van der Waals surface area contributed by atoms with Crippen molar-refractivity contribution in [3.05, 3.63) is 85.2 Å². The summed E-state index contributed by atoms with van der Waals surface area (Å²) in [6.45, 7) is 18.0. The SMILES string of the molecule is CCC(C)OP(=O)(O)c1ccc2cc(-c3ccn([Si](C(C)C)(C(C)C)C(C)C)c3)cc(-c3cccc4ccccc34)c2n1. The van der Waals surface area contributed by atoms with Crippen LogP contribution in [0.5, 0.6) is 0 Å². The van der Waals surface area contributed by atoms with Crippen LogP contribution in [0.1, 0.15) is 61.8 Å².